The lowest BCUT2D eigenvalue weighted by Gasteiger charge is -2.07. The van der Waals surface area contributed by atoms with Crippen LogP contribution in [0.2, 0.25) is 0 Å². The number of rotatable bonds is 1. The topological polar surface area (TPSA) is 4.93 Å². The minimum atomic E-state index is -4.28. The van der Waals surface area contributed by atoms with Crippen LogP contribution < -0.4 is 0 Å². The molecule has 0 bridgehead atoms. The van der Waals surface area contributed by atoms with E-state index in [-0.39, 0.29) is 0 Å². The van der Waals surface area contributed by atoms with Crippen molar-refractivity contribution in [2.24, 2.45) is 0 Å². The Morgan fingerprint density at radius 1 is 1.07 bits per heavy atom. The van der Waals surface area contributed by atoms with Crippen LogP contribution in [-0.2, 0) is 6.18 Å². The smallest absolute Gasteiger partial charge is 0.323 e. The van der Waals surface area contributed by atoms with E-state index in [9.17, 15) is 13.2 Å². The second-order valence-corrected chi connectivity index (χ2v) is 3.06. The fourth-order valence-corrected chi connectivity index (χ4v) is 1.27. The van der Waals surface area contributed by atoms with Gasteiger partial charge in [0.25, 0.3) is 0 Å². The van der Waals surface area contributed by atoms with Crippen LogP contribution in [0.5, 0.6) is 0 Å². The van der Waals surface area contributed by atoms with E-state index in [2.05, 4.69) is 6.07 Å². The van der Waals surface area contributed by atoms with Gasteiger partial charge >= 0.3 is 6.18 Å². The summed E-state index contributed by atoms with van der Waals surface area (Å²) in [6.45, 7) is 0. The Kier molecular flexibility index (Phi) is 2.26. The van der Waals surface area contributed by atoms with Gasteiger partial charge in [0.1, 0.15) is 0 Å². The van der Waals surface area contributed by atoms with Crippen molar-refractivity contribution >= 4 is 0 Å². The molecule has 0 aliphatic carbocycles. The van der Waals surface area contributed by atoms with E-state index in [4.69, 9.17) is 0 Å². The summed E-state index contributed by atoms with van der Waals surface area (Å²) in [6.07, 6.45) is -0.896. The summed E-state index contributed by atoms with van der Waals surface area (Å²) in [5, 5.41) is 0. The van der Waals surface area contributed by atoms with Crippen molar-refractivity contribution in [3.63, 3.8) is 0 Å². The number of hydrogen-bond acceptors (Lipinski definition) is 0. The van der Waals surface area contributed by atoms with Gasteiger partial charge in [-0.1, -0.05) is 0 Å². The molecule has 0 atom stereocenters. The Hall–Kier alpha value is -1.71. The Balaban J connectivity index is 2.33. The minimum absolute atomic E-state index is 0.637. The molecule has 0 aliphatic heterocycles. The number of aromatic nitrogens is 1. The summed E-state index contributed by atoms with van der Waals surface area (Å²) in [4.78, 5) is 0. The molecule has 15 heavy (non-hydrogen) atoms. The summed E-state index contributed by atoms with van der Waals surface area (Å²) in [6, 6.07) is 9.49. The van der Waals surface area contributed by atoms with Crippen molar-refractivity contribution in [3.05, 3.63) is 54.4 Å². The molecule has 4 heteroatoms. The van der Waals surface area contributed by atoms with Gasteiger partial charge in [0.05, 0.1) is 5.56 Å². The molecule has 2 aromatic rings. The molecule has 1 heterocycles. The molecule has 0 N–H and O–H groups in total. The average molecular weight is 210 g/mol. The monoisotopic (exact) mass is 210 g/mol. The molecular formula is C11H7F3N. The van der Waals surface area contributed by atoms with E-state index in [1.807, 2.05) is 0 Å². The number of benzene rings is 1. The molecule has 1 nitrogen and oxygen atoms in total. The molecule has 0 aliphatic rings. The normalized spacial score (nSPS) is 11.7. The zero-order chi connectivity index (χ0) is 10.9. The maximum absolute atomic E-state index is 12.2. The van der Waals surface area contributed by atoms with Gasteiger partial charge in [-0.05, 0) is 30.3 Å². The molecule has 0 amide bonds. The number of hydrogen-bond donors (Lipinski definition) is 0. The van der Waals surface area contributed by atoms with Gasteiger partial charge in [-0.15, -0.1) is 0 Å². The molecule has 2 rings (SSSR count). The lowest BCUT2D eigenvalue weighted by Crippen LogP contribution is -2.04. The lowest BCUT2D eigenvalue weighted by molar-refractivity contribution is -0.137. The fraction of sp³-hybridized carbons (Fsp3) is 0.0909. The van der Waals surface area contributed by atoms with Gasteiger partial charge in [0.15, 0.2) is 0 Å². The zero-order valence-corrected chi connectivity index (χ0v) is 7.62. The summed E-state index contributed by atoms with van der Waals surface area (Å²) >= 11 is 0. The van der Waals surface area contributed by atoms with Crippen LogP contribution in [0, 0.1) is 6.07 Å². The first-order chi connectivity index (χ1) is 7.07. The number of nitrogens with zero attached hydrogens (tertiary/aromatic N) is 1. The van der Waals surface area contributed by atoms with Gasteiger partial charge in [-0.2, -0.15) is 13.2 Å². The van der Waals surface area contributed by atoms with Crippen molar-refractivity contribution in [1.82, 2.24) is 4.57 Å². The predicted molar refractivity (Wildman–Crippen MR) is 49.6 cm³/mol. The third kappa shape index (κ3) is 2.03. The molecule has 1 aromatic carbocycles. The van der Waals surface area contributed by atoms with Gasteiger partial charge in [0, 0.05) is 24.1 Å². The van der Waals surface area contributed by atoms with E-state index < -0.39 is 11.7 Å². The van der Waals surface area contributed by atoms with Crippen LogP contribution in [0.3, 0.4) is 0 Å². The van der Waals surface area contributed by atoms with Crippen LogP contribution in [0.25, 0.3) is 5.69 Å². The van der Waals surface area contributed by atoms with Crippen LogP contribution in [0.4, 0.5) is 13.2 Å². The zero-order valence-electron chi connectivity index (χ0n) is 7.62. The van der Waals surface area contributed by atoms with Crippen LogP contribution in [0.15, 0.2) is 42.7 Å². The van der Waals surface area contributed by atoms with Crippen LogP contribution in [-0.4, -0.2) is 4.57 Å². The first-order valence-corrected chi connectivity index (χ1v) is 4.29. The third-order valence-corrected chi connectivity index (χ3v) is 2.04. The Labute approximate surface area is 84.8 Å². The highest BCUT2D eigenvalue weighted by atomic mass is 19.4. The fourth-order valence-electron chi connectivity index (χ4n) is 1.27. The number of halogens is 3. The van der Waals surface area contributed by atoms with Gasteiger partial charge < -0.3 is 4.57 Å². The highest BCUT2D eigenvalue weighted by Crippen LogP contribution is 2.29. The molecule has 1 radical (unpaired) electrons. The molecule has 77 valence electrons. The minimum Gasteiger partial charge on any atom is -0.323 e. The van der Waals surface area contributed by atoms with E-state index in [1.54, 1.807) is 23.0 Å². The van der Waals surface area contributed by atoms with Crippen molar-refractivity contribution in [2.75, 3.05) is 0 Å². The molecule has 0 saturated carbocycles. The lowest BCUT2D eigenvalue weighted by atomic mass is 10.2. The molecule has 0 unspecified atom stereocenters. The quantitative estimate of drug-likeness (QED) is 0.680. The molecule has 0 fully saturated rings. The van der Waals surface area contributed by atoms with E-state index in [0.717, 1.165) is 12.1 Å². The maximum Gasteiger partial charge on any atom is 0.416 e. The average Bonchev–Trinajstić information content (AvgIpc) is 2.69. The summed E-state index contributed by atoms with van der Waals surface area (Å²) in [5.41, 5.74) is 0.0478. The Morgan fingerprint density at radius 2 is 1.73 bits per heavy atom. The first-order valence-electron chi connectivity index (χ1n) is 4.29. The van der Waals surface area contributed by atoms with Gasteiger partial charge in [-0.25, -0.2) is 0 Å². The highest BCUT2D eigenvalue weighted by molar-refractivity contribution is 5.35. The van der Waals surface area contributed by atoms with Crippen molar-refractivity contribution in [2.45, 2.75) is 6.18 Å². The van der Waals surface area contributed by atoms with Crippen molar-refractivity contribution in [1.29, 1.82) is 0 Å². The molecule has 0 spiro atoms. The largest absolute Gasteiger partial charge is 0.416 e. The highest BCUT2D eigenvalue weighted by Gasteiger charge is 2.29. The number of alkyl halides is 3. The Bertz CT molecular complexity index is 426. The van der Waals surface area contributed by atoms with Gasteiger partial charge in [-0.3, -0.25) is 0 Å². The summed E-state index contributed by atoms with van der Waals surface area (Å²) < 4.78 is 38.4. The maximum atomic E-state index is 12.2. The summed E-state index contributed by atoms with van der Waals surface area (Å²) in [7, 11) is 0. The molecule has 1 aromatic heterocycles. The summed E-state index contributed by atoms with van der Waals surface area (Å²) in [5.74, 6) is 0. The van der Waals surface area contributed by atoms with E-state index in [1.165, 1.54) is 12.1 Å². The second kappa shape index (κ2) is 3.46. The van der Waals surface area contributed by atoms with Crippen LogP contribution >= 0.6 is 0 Å². The SMILES string of the molecule is FC(F)(F)c1ccc(-n2c[c]cc2)cc1. The molecular weight excluding hydrogens is 203 g/mol. The first kappa shape index (κ1) is 9.83. The second-order valence-electron chi connectivity index (χ2n) is 3.06. The van der Waals surface area contributed by atoms with E-state index >= 15 is 0 Å². The molecule has 0 saturated heterocycles. The third-order valence-electron chi connectivity index (χ3n) is 2.04. The van der Waals surface area contributed by atoms with Gasteiger partial charge in [0.2, 0.25) is 0 Å². The predicted octanol–water partition coefficient (Wildman–Crippen LogP) is 3.30. The van der Waals surface area contributed by atoms with E-state index in [0.29, 0.717) is 5.69 Å². The Morgan fingerprint density at radius 3 is 2.20 bits per heavy atom. The van der Waals surface area contributed by atoms with Crippen LogP contribution in [0.1, 0.15) is 5.56 Å². The van der Waals surface area contributed by atoms with Crippen molar-refractivity contribution in [3.8, 4) is 5.69 Å². The standard InChI is InChI=1S/C11H7F3N/c12-11(13,14)9-3-5-10(6-4-9)15-7-1-2-8-15/h1,3-8H. The van der Waals surface area contributed by atoms with Crippen molar-refractivity contribution < 1.29 is 13.2 Å².